The van der Waals surface area contributed by atoms with Gasteiger partial charge in [0, 0.05) is 13.1 Å². The van der Waals surface area contributed by atoms with Crippen molar-refractivity contribution >= 4 is 11.8 Å². The van der Waals surface area contributed by atoms with E-state index in [-0.39, 0.29) is 18.2 Å². The van der Waals surface area contributed by atoms with Crippen LogP contribution in [0.3, 0.4) is 0 Å². The summed E-state index contributed by atoms with van der Waals surface area (Å²) in [6.07, 6.45) is 1.41. The van der Waals surface area contributed by atoms with E-state index in [0.29, 0.717) is 11.8 Å². The average Bonchev–Trinajstić information content (AvgIpc) is 3.03. The van der Waals surface area contributed by atoms with E-state index in [9.17, 15) is 9.59 Å². The topological polar surface area (TPSA) is 74.6 Å². The quantitative estimate of drug-likeness (QED) is 0.782. The van der Waals surface area contributed by atoms with Crippen LogP contribution in [0.1, 0.15) is 10.6 Å². The van der Waals surface area contributed by atoms with E-state index in [1.165, 1.54) is 12.3 Å². The molecule has 0 saturated carbocycles. The van der Waals surface area contributed by atoms with Gasteiger partial charge in [-0.05, 0) is 37.1 Å². The Morgan fingerprint density at radius 1 is 1.37 bits per heavy atom. The van der Waals surface area contributed by atoms with Crippen molar-refractivity contribution in [3.8, 4) is 0 Å². The number of hydrogen-bond acceptors (Lipinski definition) is 5. The highest BCUT2D eigenvalue weighted by molar-refractivity contribution is 6.03. The first-order valence-electron chi connectivity index (χ1n) is 6.53. The number of fused-ring (bicyclic) bond motifs is 1. The number of likely N-dealkylation sites (tertiary alicyclic amines) is 1. The first-order valence-corrected chi connectivity index (χ1v) is 6.53. The number of rotatable bonds is 3. The zero-order valence-electron chi connectivity index (χ0n) is 10.6. The lowest BCUT2D eigenvalue weighted by Crippen LogP contribution is -2.40. The number of carbonyl (C=O) groups is 2. The number of carbonyl (C=O) groups excluding carboxylic acids is 2. The van der Waals surface area contributed by atoms with Crippen molar-refractivity contribution in [1.29, 1.82) is 0 Å². The monoisotopic (exact) mass is 263 g/mol. The maximum absolute atomic E-state index is 11.8. The molecule has 2 aliphatic rings. The van der Waals surface area contributed by atoms with E-state index in [1.807, 2.05) is 0 Å². The highest BCUT2D eigenvalue weighted by atomic mass is 16.3. The molecule has 6 heteroatoms. The van der Waals surface area contributed by atoms with Crippen LogP contribution in [0.2, 0.25) is 0 Å². The summed E-state index contributed by atoms with van der Waals surface area (Å²) in [6, 6.07) is 3.16. The molecular formula is C13H17N3O3. The van der Waals surface area contributed by atoms with Crippen molar-refractivity contribution < 1.29 is 14.0 Å². The molecule has 0 bridgehead atoms. The Labute approximate surface area is 111 Å². The lowest BCUT2D eigenvalue weighted by Gasteiger charge is -2.15. The minimum atomic E-state index is -0.476. The van der Waals surface area contributed by atoms with Crippen molar-refractivity contribution in [3.63, 3.8) is 0 Å². The van der Waals surface area contributed by atoms with E-state index in [1.54, 1.807) is 6.07 Å². The van der Waals surface area contributed by atoms with E-state index in [2.05, 4.69) is 15.5 Å². The van der Waals surface area contributed by atoms with Crippen LogP contribution >= 0.6 is 0 Å². The first-order chi connectivity index (χ1) is 9.22. The fraction of sp³-hybridized carbons (Fsp3) is 0.538. The largest absolute Gasteiger partial charge is 0.459 e. The van der Waals surface area contributed by atoms with Gasteiger partial charge in [-0.3, -0.25) is 19.8 Å². The van der Waals surface area contributed by atoms with Crippen LogP contribution in [0.4, 0.5) is 0 Å². The molecule has 0 spiro atoms. The minimum Gasteiger partial charge on any atom is -0.459 e. The number of hydrogen-bond donors (Lipinski definition) is 2. The van der Waals surface area contributed by atoms with Crippen molar-refractivity contribution in [3.05, 3.63) is 24.2 Å². The molecule has 6 nitrogen and oxygen atoms in total. The van der Waals surface area contributed by atoms with Crippen LogP contribution in [0, 0.1) is 11.8 Å². The van der Waals surface area contributed by atoms with E-state index >= 15 is 0 Å². The maximum Gasteiger partial charge on any atom is 0.293 e. The molecule has 1 aromatic rings. The molecule has 2 saturated heterocycles. The lowest BCUT2D eigenvalue weighted by molar-refractivity contribution is -0.121. The van der Waals surface area contributed by atoms with Crippen LogP contribution in [-0.4, -0.2) is 49.4 Å². The number of nitrogens with one attached hydrogen (secondary N) is 2. The molecule has 1 aromatic heterocycles. The molecule has 0 radical (unpaired) electrons. The van der Waals surface area contributed by atoms with Crippen molar-refractivity contribution in [2.45, 2.75) is 0 Å². The number of amides is 2. The van der Waals surface area contributed by atoms with Crippen molar-refractivity contribution in [1.82, 2.24) is 15.5 Å². The summed E-state index contributed by atoms with van der Waals surface area (Å²) in [5.74, 6) is 0.711. The van der Waals surface area contributed by atoms with Gasteiger partial charge >= 0.3 is 0 Å². The molecule has 0 aliphatic carbocycles. The second-order valence-corrected chi connectivity index (χ2v) is 5.23. The van der Waals surface area contributed by atoms with E-state index in [4.69, 9.17) is 4.42 Å². The van der Waals surface area contributed by atoms with Gasteiger partial charge in [-0.1, -0.05) is 0 Å². The third kappa shape index (κ3) is 2.69. The fourth-order valence-electron chi connectivity index (χ4n) is 2.92. The second-order valence-electron chi connectivity index (χ2n) is 5.23. The normalized spacial score (nSPS) is 26.3. The van der Waals surface area contributed by atoms with Gasteiger partial charge < -0.3 is 9.73 Å². The molecule has 2 aliphatic heterocycles. The summed E-state index contributed by atoms with van der Waals surface area (Å²) in [4.78, 5) is 25.5. The molecule has 2 atom stereocenters. The van der Waals surface area contributed by atoms with Crippen LogP contribution in [0.5, 0.6) is 0 Å². The molecule has 3 heterocycles. The van der Waals surface area contributed by atoms with Gasteiger partial charge in [0.2, 0.25) is 5.91 Å². The van der Waals surface area contributed by atoms with Crippen LogP contribution in [0.25, 0.3) is 0 Å². The third-order valence-electron chi connectivity index (χ3n) is 3.83. The first kappa shape index (κ1) is 12.4. The highest BCUT2D eigenvalue weighted by Gasteiger charge is 2.36. The SMILES string of the molecule is O=C(CN1CC2CNCC2C1)NC(=O)c1ccco1. The Hall–Kier alpha value is -1.66. The zero-order valence-corrected chi connectivity index (χ0v) is 10.6. The van der Waals surface area contributed by atoms with E-state index in [0.717, 1.165) is 26.2 Å². The Balaban J connectivity index is 1.48. The van der Waals surface area contributed by atoms with E-state index < -0.39 is 5.91 Å². The Kier molecular flexibility index (Phi) is 3.35. The van der Waals surface area contributed by atoms with Crippen LogP contribution in [0.15, 0.2) is 22.8 Å². The summed E-state index contributed by atoms with van der Waals surface area (Å²) < 4.78 is 4.94. The predicted octanol–water partition coefficient (Wildman–Crippen LogP) is -0.313. The molecular weight excluding hydrogens is 246 g/mol. The summed E-state index contributed by atoms with van der Waals surface area (Å²) in [5.41, 5.74) is 0. The molecule has 0 aromatic carbocycles. The van der Waals surface area contributed by atoms with Crippen molar-refractivity contribution in [2.75, 3.05) is 32.7 Å². The van der Waals surface area contributed by atoms with Gasteiger partial charge in [-0.25, -0.2) is 0 Å². The molecule has 2 fully saturated rings. The molecule has 3 rings (SSSR count). The Morgan fingerprint density at radius 2 is 2.11 bits per heavy atom. The third-order valence-corrected chi connectivity index (χ3v) is 3.83. The molecule has 2 amide bonds. The van der Waals surface area contributed by atoms with Gasteiger partial charge in [0.25, 0.3) is 5.91 Å². The summed E-state index contributed by atoms with van der Waals surface area (Å²) >= 11 is 0. The second kappa shape index (κ2) is 5.14. The maximum atomic E-state index is 11.8. The minimum absolute atomic E-state index is 0.163. The number of imide groups is 1. The summed E-state index contributed by atoms with van der Waals surface area (Å²) in [7, 11) is 0. The Bertz CT molecular complexity index is 459. The Morgan fingerprint density at radius 3 is 2.74 bits per heavy atom. The standard InChI is InChI=1S/C13H17N3O3/c17-12(15-13(18)11-2-1-3-19-11)8-16-6-9-4-14-5-10(9)7-16/h1-3,9-10,14H,4-8H2,(H,15,17,18). The lowest BCUT2D eigenvalue weighted by atomic mass is 10.0. The number of furan rings is 1. The smallest absolute Gasteiger partial charge is 0.293 e. The molecule has 2 unspecified atom stereocenters. The molecule has 102 valence electrons. The van der Waals surface area contributed by atoms with Gasteiger partial charge in [0.15, 0.2) is 5.76 Å². The summed E-state index contributed by atoms with van der Waals surface area (Å²) in [5, 5.41) is 5.70. The average molecular weight is 263 g/mol. The zero-order chi connectivity index (χ0) is 13.2. The van der Waals surface area contributed by atoms with Gasteiger partial charge in [0.1, 0.15) is 0 Å². The predicted molar refractivity (Wildman–Crippen MR) is 67.5 cm³/mol. The van der Waals surface area contributed by atoms with Crippen LogP contribution in [-0.2, 0) is 4.79 Å². The summed E-state index contributed by atoms with van der Waals surface area (Å²) in [6.45, 7) is 4.21. The van der Waals surface area contributed by atoms with Gasteiger partial charge in [-0.15, -0.1) is 0 Å². The molecule has 19 heavy (non-hydrogen) atoms. The van der Waals surface area contributed by atoms with Crippen molar-refractivity contribution in [2.24, 2.45) is 11.8 Å². The molecule has 2 N–H and O–H groups in total. The van der Waals surface area contributed by atoms with Gasteiger partial charge in [-0.2, -0.15) is 0 Å². The number of nitrogens with zero attached hydrogens (tertiary/aromatic N) is 1. The highest BCUT2D eigenvalue weighted by Crippen LogP contribution is 2.25. The van der Waals surface area contributed by atoms with Gasteiger partial charge in [0.05, 0.1) is 12.8 Å². The van der Waals surface area contributed by atoms with Crippen LogP contribution < -0.4 is 10.6 Å². The fourth-order valence-corrected chi connectivity index (χ4v) is 2.92.